The maximum Gasteiger partial charge on any atom is 0.340 e. The number of fused-ring (bicyclic) bond motifs is 1. The number of hydrogen-bond donors (Lipinski definition) is 1. The number of hydrogen-bond acceptors (Lipinski definition) is 6. The molecule has 33 heavy (non-hydrogen) atoms. The van der Waals surface area contributed by atoms with Crippen LogP contribution in [-0.4, -0.2) is 38.0 Å². The summed E-state index contributed by atoms with van der Waals surface area (Å²) in [5.41, 5.74) is 4.21. The van der Waals surface area contributed by atoms with Gasteiger partial charge in [0.25, 0.3) is 0 Å². The average molecular weight is 469 g/mol. The molecule has 0 amide bonds. The lowest BCUT2D eigenvalue weighted by Crippen LogP contribution is -2.15. The number of rotatable bonds is 7. The maximum absolute atomic E-state index is 12.7. The summed E-state index contributed by atoms with van der Waals surface area (Å²) >= 11 is 0. The molecule has 4 rings (SSSR count). The first-order chi connectivity index (χ1) is 15.6. The van der Waals surface area contributed by atoms with Gasteiger partial charge in [-0.05, 0) is 61.4 Å². The van der Waals surface area contributed by atoms with E-state index in [9.17, 15) is 18.0 Å². The van der Waals surface area contributed by atoms with Crippen molar-refractivity contribution in [1.82, 2.24) is 4.57 Å². The number of esters is 1. The van der Waals surface area contributed by atoms with E-state index in [1.807, 2.05) is 11.5 Å². The molecule has 0 fully saturated rings. The van der Waals surface area contributed by atoms with E-state index in [-0.39, 0.29) is 17.3 Å². The molecule has 0 unspecified atom stereocenters. The smallest absolute Gasteiger partial charge is 0.340 e. The van der Waals surface area contributed by atoms with Crippen molar-refractivity contribution in [2.75, 3.05) is 13.2 Å². The number of Topliss-reactive ketones (excluding diaryl/α,β-unsaturated/α-hetero) is 1. The second-order valence-corrected chi connectivity index (χ2v) is 9.54. The van der Waals surface area contributed by atoms with Crippen molar-refractivity contribution in [3.63, 3.8) is 0 Å². The van der Waals surface area contributed by atoms with Crippen molar-refractivity contribution < 1.29 is 27.5 Å². The number of primary sulfonamides is 1. The van der Waals surface area contributed by atoms with Crippen molar-refractivity contribution in [2.24, 2.45) is 5.14 Å². The third-order valence-corrected chi connectivity index (χ3v) is 6.66. The largest absolute Gasteiger partial charge is 0.493 e. The standard InChI is InChI=1S/C24H24N2O6S/c1-15-11-21(16(2)26(15)13-17-3-6-20(7-4-17)33(25,29)30)24(28)32-14-22(27)18-5-8-23-19(12-18)9-10-31-23/h3-8,11-12H,9-10,13-14H2,1-2H3,(H2,25,29,30). The Labute approximate surface area is 192 Å². The zero-order valence-corrected chi connectivity index (χ0v) is 19.1. The lowest BCUT2D eigenvalue weighted by Gasteiger charge is -2.11. The van der Waals surface area contributed by atoms with E-state index in [0.29, 0.717) is 30.0 Å². The molecule has 0 saturated carbocycles. The molecule has 8 nitrogen and oxygen atoms in total. The molecule has 0 bridgehead atoms. The third kappa shape index (κ3) is 4.84. The minimum absolute atomic E-state index is 0.0389. The molecule has 0 spiro atoms. The van der Waals surface area contributed by atoms with Gasteiger partial charge in [-0.2, -0.15) is 0 Å². The summed E-state index contributed by atoms with van der Waals surface area (Å²) in [5.74, 6) is -0.0613. The van der Waals surface area contributed by atoms with Crippen LogP contribution in [0.5, 0.6) is 5.75 Å². The molecular weight excluding hydrogens is 444 g/mol. The number of sulfonamides is 1. The minimum atomic E-state index is -3.75. The molecule has 2 aromatic carbocycles. The van der Waals surface area contributed by atoms with Gasteiger partial charge in [0.05, 0.1) is 17.1 Å². The molecule has 2 N–H and O–H groups in total. The predicted octanol–water partition coefficient (Wildman–Crippen LogP) is 2.78. The number of ketones is 1. The predicted molar refractivity (Wildman–Crippen MR) is 121 cm³/mol. The fourth-order valence-electron chi connectivity index (χ4n) is 3.87. The average Bonchev–Trinajstić information content (AvgIpc) is 3.36. The number of aromatic nitrogens is 1. The quantitative estimate of drug-likeness (QED) is 0.421. The van der Waals surface area contributed by atoms with E-state index < -0.39 is 16.0 Å². The maximum atomic E-state index is 12.7. The highest BCUT2D eigenvalue weighted by Gasteiger charge is 2.20. The number of carbonyl (C=O) groups excluding carboxylic acids is 2. The number of benzene rings is 2. The van der Waals surface area contributed by atoms with Crippen LogP contribution in [0.2, 0.25) is 0 Å². The van der Waals surface area contributed by atoms with Gasteiger partial charge in [0.2, 0.25) is 10.0 Å². The summed E-state index contributed by atoms with van der Waals surface area (Å²) in [4.78, 5) is 25.2. The molecule has 3 aromatic rings. The SMILES string of the molecule is Cc1cc(C(=O)OCC(=O)c2ccc3c(c2)CCO3)c(C)n1Cc1ccc(S(N)(=O)=O)cc1. The molecule has 0 aliphatic carbocycles. The Bertz CT molecular complexity index is 1340. The van der Waals surface area contributed by atoms with Gasteiger partial charge in [0.1, 0.15) is 5.75 Å². The summed E-state index contributed by atoms with van der Waals surface area (Å²) in [5, 5.41) is 5.14. The Hall–Kier alpha value is -3.43. The van der Waals surface area contributed by atoms with Gasteiger partial charge in [-0.1, -0.05) is 12.1 Å². The fourth-order valence-corrected chi connectivity index (χ4v) is 4.39. The molecule has 0 radical (unpaired) electrons. The Kier molecular flexibility index (Phi) is 6.09. The summed E-state index contributed by atoms with van der Waals surface area (Å²) in [7, 11) is -3.75. The number of ether oxygens (including phenoxy) is 2. The van der Waals surface area contributed by atoms with E-state index in [1.54, 1.807) is 43.3 Å². The third-order valence-electron chi connectivity index (χ3n) is 5.73. The van der Waals surface area contributed by atoms with Gasteiger partial charge >= 0.3 is 5.97 Å². The molecule has 1 aliphatic rings. The Morgan fingerprint density at radius 3 is 2.52 bits per heavy atom. The molecule has 9 heteroatoms. The highest BCUT2D eigenvalue weighted by molar-refractivity contribution is 7.89. The second kappa shape index (κ2) is 8.84. The molecule has 1 aliphatic heterocycles. The normalized spacial score (nSPS) is 12.8. The number of nitrogens with zero attached hydrogens (tertiary/aromatic N) is 1. The van der Waals surface area contributed by atoms with E-state index in [1.165, 1.54) is 12.1 Å². The van der Waals surface area contributed by atoms with Crippen molar-refractivity contribution >= 4 is 21.8 Å². The Balaban J connectivity index is 1.43. The lowest BCUT2D eigenvalue weighted by molar-refractivity contribution is 0.0474. The van der Waals surface area contributed by atoms with E-state index in [0.717, 1.165) is 29.0 Å². The van der Waals surface area contributed by atoms with Crippen LogP contribution < -0.4 is 9.88 Å². The summed E-state index contributed by atoms with van der Waals surface area (Å²) in [6.07, 6.45) is 0.757. The highest BCUT2D eigenvalue weighted by Crippen LogP contribution is 2.26. The molecule has 0 saturated heterocycles. The van der Waals surface area contributed by atoms with E-state index in [2.05, 4.69) is 0 Å². The summed E-state index contributed by atoms with van der Waals surface area (Å²) in [6.45, 7) is 4.35. The van der Waals surface area contributed by atoms with Crippen LogP contribution in [0.25, 0.3) is 0 Å². The van der Waals surface area contributed by atoms with Crippen molar-refractivity contribution in [3.05, 3.63) is 82.2 Å². The van der Waals surface area contributed by atoms with Gasteiger partial charge in [-0.15, -0.1) is 0 Å². The van der Waals surface area contributed by atoms with E-state index >= 15 is 0 Å². The van der Waals surface area contributed by atoms with E-state index in [4.69, 9.17) is 14.6 Å². The van der Waals surface area contributed by atoms with Crippen LogP contribution in [0.3, 0.4) is 0 Å². The second-order valence-electron chi connectivity index (χ2n) is 7.98. The zero-order chi connectivity index (χ0) is 23.8. The topological polar surface area (TPSA) is 118 Å². The van der Waals surface area contributed by atoms with Crippen LogP contribution in [-0.2, 0) is 27.7 Å². The van der Waals surface area contributed by atoms with Crippen LogP contribution in [0.1, 0.15) is 43.2 Å². The number of aryl methyl sites for hydroxylation is 1. The molecule has 172 valence electrons. The summed E-state index contributed by atoms with van der Waals surface area (Å²) in [6, 6.07) is 13.2. The molecular formula is C24H24N2O6S. The van der Waals surface area contributed by atoms with Crippen LogP contribution in [0.4, 0.5) is 0 Å². The number of carbonyl (C=O) groups is 2. The Morgan fingerprint density at radius 1 is 1.09 bits per heavy atom. The highest BCUT2D eigenvalue weighted by atomic mass is 32.2. The first-order valence-electron chi connectivity index (χ1n) is 10.4. The number of nitrogens with two attached hydrogens (primary N) is 1. The monoisotopic (exact) mass is 468 g/mol. The van der Waals surface area contributed by atoms with Gasteiger partial charge < -0.3 is 14.0 Å². The van der Waals surface area contributed by atoms with Crippen LogP contribution in [0.15, 0.2) is 53.4 Å². The molecule has 0 atom stereocenters. The van der Waals surface area contributed by atoms with Gasteiger partial charge in [-0.25, -0.2) is 18.4 Å². The zero-order valence-electron chi connectivity index (χ0n) is 18.3. The Morgan fingerprint density at radius 2 is 1.82 bits per heavy atom. The fraction of sp³-hybridized carbons (Fsp3) is 0.250. The van der Waals surface area contributed by atoms with Gasteiger partial charge in [0.15, 0.2) is 12.4 Å². The van der Waals surface area contributed by atoms with Crippen LogP contribution >= 0.6 is 0 Å². The van der Waals surface area contributed by atoms with Gasteiger partial charge in [-0.3, -0.25) is 4.79 Å². The molecule has 2 heterocycles. The van der Waals surface area contributed by atoms with Gasteiger partial charge in [0, 0.05) is 29.9 Å². The first kappa shape index (κ1) is 22.8. The molecule has 1 aromatic heterocycles. The minimum Gasteiger partial charge on any atom is -0.493 e. The van der Waals surface area contributed by atoms with Crippen LogP contribution in [0, 0.1) is 13.8 Å². The van der Waals surface area contributed by atoms with Crippen molar-refractivity contribution in [2.45, 2.75) is 31.7 Å². The first-order valence-corrected chi connectivity index (χ1v) is 11.9. The van der Waals surface area contributed by atoms with Crippen molar-refractivity contribution in [1.29, 1.82) is 0 Å². The lowest BCUT2D eigenvalue weighted by atomic mass is 10.1. The summed E-state index contributed by atoms with van der Waals surface area (Å²) < 4.78 is 35.5. The van der Waals surface area contributed by atoms with Crippen molar-refractivity contribution in [3.8, 4) is 5.75 Å².